The van der Waals surface area contributed by atoms with Gasteiger partial charge in [0.15, 0.2) is 0 Å². The Kier molecular flexibility index (Phi) is 1.35. The maximum absolute atomic E-state index is 12.9. The summed E-state index contributed by atoms with van der Waals surface area (Å²) in [6.45, 7) is 0. The molecule has 0 atom stereocenters. The van der Waals surface area contributed by atoms with Gasteiger partial charge in [-0.15, -0.1) is 0 Å². The third-order valence-corrected chi connectivity index (χ3v) is 3.20. The number of rotatable bonds is 0. The van der Waals surface area contributed by atoms with Crippen LogP contribution in [-0.2, 0) is 9.84 Å². The van der Waals surface area contributed by atoms with E-state index in [1.807, 2.05) is 0 Å². The van der Waals surface area contributed by atoms with Gasteiger partial charge in [-0.3, -0.25) is 0 Å². The van der Waals surface area contributed by atoms with E-state index in [0.717, 1.165) is 5.41 Å². The minimum atomic E-state index is -3.35. The van der Waals surface area contributed by atoms with E-state index in [-0.39, 0.29) is 10.5 Å². The largest absolute Gasteiger partial charge is 0.219 e. The predicted molar refractivity (Wildman–Crippen MR) is 42.6 cm³/mol. The second-order valence-electron chi connectivity index (χ2n) is 2.50. The summed E-state index contributed by atoms with van der Waals surface area (Å²) >= 11 is 0. The molecule has 0 spiro atoms. The zero-order valence-corrected chi connectivity index (χ0v) is 6.81. The molecule has 0 saturated carbocycles. The van der Waals surface area contributed by atoms with Crippen molar-refractivity contribution in [3.05, 3.63) is 35.0 Å². The zero-order chi connectivity index (χ0) is 8.77. The quantitative estimate of drug-likeness (QED) is 0.613. The maximum atomic E-state index is 12.9. The Hall–Kier alpha value is -1.16. The highest BCUT2D eigenvalue weighted by Gasteiger charge is 2.22. The van der Waals surface area contributed by atoms with Crippen molar-refractivity contribution in [3.8, 4) is 0 Å². The molecule has 0 radical (unpaired) electrons. The van der Waals surface area contributed by atoms with Crippen LogP contribution in [0, 0.1) is 5.82 Å². The van der Waals surface area contributed by atoms with E-state index >= 15 is 0 Å². The first-order chi connectivity index (χ1) is 5.61. The fourth-order valence-electron chi connectivity index (χ4n) is 1.16. The van der Waals surface area contributed by atoms with E-state index in [9.17, 15) is 12.8 Å². The molecule has 0 fully saturated rings. The molecule has 1 aromatic rings. The molecule has 0 amide bonds. The van der Waals surface area contributed by atoms with Crippen LogP contribution in [0.5, 0.6) is 0 Å². The van der Waals surface area contributed by atoms with Gasteiger partial charge in [0, 0.05) is 11.0 Å². The number of benzene rings is 1. The van der Waals surface area contributed by atoms with Crippen LogP contribution in [0.25, 0.3) is 6.08 Å². The third-order valence-electron chi connectivity index (χ3n) is 1.73. The van der Waals surface area contributed by atoms with Crippen LogP contribution in [0.3, 0.4) is 0 Å². The van der Waals surface area contributed by atoms with Gasteiger partial charge in [0.2, 0.25) is 9.84 Å². The Morgan fingerprint density at radius 1 is 1.25 bits per heavy atom. The highest BCUT2D eigenvalue weighted by atomic mass is 32.2. The average Bonchev–Trinajstić information content (AvgIpc) is 2.30. The van der Waals surface area contributed by atoms with Crippen LogP contribution in [-0.4, -0.2) is 8.42 Å². The molecular weight excluding hydrogens is 179 g/mol. The van der Waals surface area contributed by atoms with Crippen molar-refractivity contribution in [2.75, 3.05) is 0 Å². The lowest BCUT2D eigenvalue weighted by Crippen LogP contribution is -1.94. The first kappa shape index (κ1) is 7.49. The van der Waals surface area contributed by atoms with Crippen LogP contribution in [0.2, 0.25) is 0 Å². The van der Waals surface area contributed by atoms with Gasteiger partial charge < -0.3 is 0 Å². The number of fused-ring (bicyclic) bond motifs is 1. The summed E-state index contributed by atoms with van der Waals surface area (Å²) < 4.78 is 35.2. The summed E-state index contributed by atoms with van der Waals surface area (Å²) in [5, 5.41) is 1.01. The van der Waals surface area contributed by atoms with E-state index in [1.165, 1.54) is 24.3 Å². The standard InChI is InChI=1S/C8H5FO2S/c9-7-2-1-3-8-6(7)4-5-12(8,10)11/h1-5H. The van der Waals surface area contributed by atoms with E-state index < -0.39 is 15.7 Å². The lowest BCUT2D eigenvalue weighted by Gasteiger charge is -1.97. The monoisotopic (exact) mass is 184 g/mol. The maximum Gasteiger partial charge on any atom is 0.200 e. The molecular formula is C8H5FO2S. The van der Waals surface area contributed by atoms with Crippen molar-refractivity contribution in [2.45, 2.75) is 4.90 Å². The van der Waals surface area contributed by atoms with Gasteiger partial charge in [-0.05, 0) is 18.2 Å². The van der Waals surface area contributed by atoms with Crippen LogP contribution in [0.4, 0.5) is 4.39 Å². The Morgan fingerprint density at radius 3 is 2.67 bits per heavy atom. The van der Waals surface area contributed by atoms with E-state index in [2.05, 4.69) is 0 Å². The van der Waals surface area contributed by atoms with Gasteiger partial charge in [0.1, 0.15) is 5.82 Å². The predicted octanol–water partition coefficient (Wildman–Crippen LogP) is 1.58. The Labute approximate surface area is 69.3 Å². The summed E-state index contributed by atoms with van der Waals surface area (Å²) in [6, 6.07) is 4.02. The summed E-state index contributed by atoms with van der Waals surface area (Å²) in [5.41, 5.74) is 0.164. The van der Waals surface area contributed by atoms with E-state index in [4.69, 9.17) is 0 Å². The van der Waals surface area contributed by atoms with Gasteiger partial charge >= 0.3 is 0 Å². The van der Waals surface area contributed by atoms with Gasteiger partial charge in [0.25, 0.3) is 0 Å². The van der Waals surface area contributed by atoms with E-state index in [1.54, 1.807) is 0 Å². The zero-order valence-electron chi connectivity index (χ0n) is 5.99. The summed E-state index contributed by atoms with van der Waals surface area (Å²) in [4.78, 5) is 0.0579. The summed E-state index contributed by atoms with van der Waals surface area (Å²) in [7, 11) is -3.35. The number of halogens is 1. The molecule has 0 N–H and O–H groups in total. The number of hydrogen-bond acceptors (Lipinski definition) is 2. The topological polar surface area (TPSA) is 34.1 Å². The summed E-state index contributed by atoms with van der Waals surface area (Å²) in [5.74, 6) is -0.496. The first-order valence-electron chi connectivity index (χ1n) is 3.33. The number of sulfone groups is 1. The van der Waals surface area contributed by atoms with Crippen molar-refractivity contribution in [2.24, 2.45) is 0 Å². The van der Waals surface area contributed by atoms with Crippen molar-refractivity contribution >= 4 is 15.9 Å². The normalized spacial score (nSPS) is 17.8. The summed E-state index contributed by atoms with van der Waals surface area (Å²) in [6.07, 6.45) is 1.28. The second kappa shape index (κ2) is 2.17. The highest BCUT2D eigenvalue weighted by Crippen LogP contribution is 2.28. The van der Waals surface area contributed by atoms with Crippen LogP contribution >= 0.6 is 0 Å². The molecule has 1 aliphatic rings. The highest BCUT2D eigenvalue weighted by molar-refractivity contribution is 7.94. The molecule has 0 saturated heterocycles. The smallest absolute Gasteiger partial charge is 0.200 e. The number of hydrogen-bond donors (Lipinski definition) is 0. The lowest BCUT2D eigenvalue weighted by molar-refractivity contribution is 0.599. The molecule has 12 heavy (non-hydrogen) atoms. The first-order valence-corrected chi connectivity index (χ1v) is 4.87. The van der Waals surface area contributed by atoms with Crippen LogP contribution in [0.1, 0.15) is 5.56 Å². The molecule has 0 bridgehead atoms. The van der Waals surface area contributed by atoms with Crippen molar-refractivity contribution in [3.63, 3.8) is 0 Å². The molecule has 0 unspecified atom stereocenters. The molecule has 2 nitrogen and oxygen atoms in total. The molecule has 1 aromatic carbocycles. The molecule has 0 aromatic heterocycles. The minimum absolute atomic E-state index is 0.0579. The SMILES string of the molecule is O=S1(=O)C=Cc2c(F)cccc21. The van der Waals surface area contributed by atoms with Crippen LogP contribution in [0.15, 0.2) is 28.5 Å². The Morgan fingerprint density at radius 2 is 2.00 bits per heavy atom. The molecule has 0 aliphatic carbocycles. The van der Waals surface area contributed by atoms with Gasteiger partial charge in [-0.1, -0.05) is 6.07 Å². The molecule has 1 aliphatic heterocycles. The van der Waals surface area contributed by atoms with Crippen molar-refractivity contribution < 1.29 is 12.8 Å². The minimum Gasteiger partial charge on any atom is -0.219 e. The molecule has 4 heteroatoms. The third kappa shape index (κ3) is 0.881. The average molecular weight is 184 g/mol. The van der Waals surface area contributed by atoms with Gasteiger partial charge in [-0.25, -0.2) is 12.8 Å². The molecule has 2 rings (SSSR count). The van der Waals surface area contributed by atoms with Crippen LogP contribution < -0.4 is 0 Å². The van der Waals surface area contributed by atoms with Crippen molar-refractivity contribution in [1.82, 2.24) is 0 Å². The molecule has 1 heterocycles. The Bertz CT molecular complexity index is 460. The lowest BCUT2D eigenvalue weighted by atomic mass is 10.2. The van der Waals surface area contributed by atoms with Crippen molar-refractivity contribution in [1.29, 1.82) is 0 Å². The van der Waals surface area contributed by atoms with E-state index in [0.29, 0.717) is 0 Å². The van der Waals surface area contributed by atoms with Gasteiger partial charge in [-0.2, -0.15) is 0 Å². The fraction of sp³-hybridized carbons (Fsp3) is 0. The fourth-order valence-corrected chi connectivity index (χ4v) is 2.36. The molecule has 62 valence electrons. The Balaban J connectivity index is 2.86. The second-order valence-corrected chi connectivity index (χ2v) is 4.30. The van der Waals surface area contributed by atoms with Gasteiger partial charge in [0.05, 0.1) is 4.90 Å².